The molecule has 1 atom stereocenters. The Balaban J connectivity index is 1.75. The van der Waals surface area contributed by atoms with Crippen molar-refractivity contribution in [3.8, 4) is 0 Å². The molecule has 0 radical (unpaired) electrons. The van der Waals surface area contributed by atoms with Gasteiger partial charge in [-0.2, -0.15) is 0 Å². The standard InChI is InChI=1S/C14H25N3O2/c15-10-12-5-8-17(11-12)14(19)6-9-16-7-3-1-2-4-13(16)18/h12H,1-11,15H2. The van der Waals surface area contributed by atoms with Crippen molar-refractivity contribution in [3.63, 3.8) is 0 Å². The van der Waals surface area contributed by atoms with Crippen LogP contribution in [0.5, 0.6) is 0 Å². The number of nitrogens with two attached hydrogens (primary N) is 1. The Morgan fingerprint density at radius 1 is 1.26 bits per heavy atom. The van der Waals surface area contributed by atoms with Crippen LogP contribution in [0.2, 0.25) is 0 Å². The lowest BCUT2D eigenvalue weighted by atomic mass is 10.1. The third-order valence-corrected chi connectivity index (χ3v) is 4.24. The Kier molecular flexibility index (Phi) is 5.19. The second-order valence-corrected chi connectivity index (χ2v) is 5.67. The third kappa shape index (κ3) is 3.93. The predicted octanol–water partition coefficient (Wildman–Crippen LogP) is 0.586. The van der Waals surface area contributed by atoms with E-state index in [-0.39, 0.29) is 11.8 Å². The highest BCUT2D eigenvalue weighted by Crippen LogP contribution is 2.16. The van der Waals surface area contributed by atoms with Crippen molar-refractivity contribution >= 4 is 11.8 Å². The van der Waals surface area contributed by atoms with Crippen LogP contribution in [0.4, 0.5) is 0 Å². The van der Waals surface area contributed by atoms with Crippen molar-refractivity contribution in [1.29, 1.82) is 0 Å². The van der Waals surface area contributed by atoms with Gasteiger partial charge in [0.05, 0.1) is 0 Å². The fraction of sp³-hybridized carbons (Fsp3) is 0.857. The van der Waals surface area contributed by atoms with Crippen LogP contribution in [0, 0.1) is 5.92 Å². The first-order valence-electron chi connectivity index (χ1n) is 7.46. The number of rotatable bonds is 4. The number of carbonyl (C=O) groups is 2. The summed E-state index contributed by atoms with van der Waals surface area (Å²) in [5, 5.41) is 0. The maximum atomic E-state index is 12.1. The number of hydrogen-bond donors (Lipinski definition) is 1. The molecule has 19 heavy (non-hydrogen) atoms. The molecule has 0 saturated carbocycles. The highest BCUT2D eigenvalue weighted by atomic mass is 16.2. The minimum Gasteiger partial charge on any atom is -0.342 e. The number of nitrogens with zero attached hydrogens (tertiary/aromatic N) is 2. The Bertz CT molecular complexity index is 333. The van der Waals surface area contributed by atoms with Gasteiger partial charge in [-0.05, 0) is 31.7 Å². The monoisotopic (exact) mass is 267 g/mol. The minimum atomic E-state index is 0.174. The van der Waals surface area contributed by atoms with E-state index in [1.807, 2.05) is 9.80 Å². The van der Waals surface area contributed by atoms with Crippen molar-refractivity contribution in [2.75, 3.05) is 32.7 Å². The van der Waals surface area contributed by atoms with Crippen LogP contribution in [0.3, 0.4) is 0 Å². The largest absolute Gasteiger partial charge is 0.342 e. The zero-order valence-electron chi connectivity index (χ0n) is 11.6. The summed E-state index contributed by atoms with van der Waals surface area (Å²) in [5.74, 6) is 0.850. The van der Waals surface area contributed by atoms with Gasteiger partial charge < -0.3 is 15.5 Å². The van der Waals surface area contributed by atoms with Gasteiger partial charge in [-0.3, -0.25) is 9.59 Å². The van der Waals surface area contributed by atoms with Crippen molar-refractivity contribution in [2.24, 2.45) is 11.7 Å². The van der Waals surface area contributed by atoms with Gasteiger partial charge in [0.2, 0.25) is 11.8 Å². The zero-order chi connectivity index (χ0) is 13.7. The van der Waals surface area contributed by atoms with E-state index in [1.165, 1.54) is 0 Å². The molecule has 2 aliphatic rings. The Labute approximate surface area is 115 Å². The fourth-order valence-corrected chi connectivity index (χ4v) is 2.92. The molecule has 2 aliphatic heterocycles. The van der Waals surface area contributed by atoms with Gasteiger partial charge in [0.1, 0.15) is 0 Å². The summed E-state index contributed by atoms with van der Waals surface area (Å²) in [4.78, 5) is 27.7. The fourth-order valence-electron chi connectivity index (χ4n) is 2.92. The van der Waals surface area contributed by atoms with Gasteiger partial charge in [-0.1, -0.05) is 6.42 Å². The van der Waals surface area contributed by atoms with Crippen molar-refractivity contribution < 1.29 is 9.59 Å². The molecule has 0 aromatic heterocycles. The average Bonchev–Trinajstić information content (AvgIpc) is 2.81. The van der Waals surface area contributed by atoms with E-state index >= 15 is 0 Å². The highest BCUT2D eigenvalue weighted by Gasteiger charge is 2.26. The van der Waals surface area contributed by atoms with E-state index in [0.717, 1.165) is 45.3 Å². The average molecular weight is 267 g/mol. The molecule has 0 spiro atoms. The van der Waals surface area contributed by atoms with E-state index in [1.54, 1.807) is 0 Å². The van der Waals surface area contributed by atoms with E-state index < -0.39 is 0 Å². The molecule has 0 aliphatic carbocycles. The first kappa shape index (κ1) is 14.3. The van der Waals surface area contributed by atoms with Gasteiger partial charge in [0.25, 0.3) is 0 Å². The first-order valence-corrected chi connectivity index (χ1v) is 7.46. The molecule has 2 fully saturated rings. The van der Waals surface area contributed by atoms with E-state index in [9.17, 15) is 9.59 Å². The molecular weight excluding hydrogens is 242 g/mol. The zero-order valence-corrected chi connectivity index (χ0v) is 11.6. The first-order chi connectivity index (χ1) is 9.20. The van der Waals surface area contributed by atoms with Crippen LogP contribution in [0.15, 0.2) is 0 Å². The van der Waals surface area contributed by atoms with Crippen molar-refractivity contribution in [3.05, 3.63) is 0 Å². The quantitative estimate of drug-likeness (QED) is 0.810. The topological polar surface area (TPSA) is 66.6 Å². The number of likely N-dealkylation sites (tertiary alicyclic amines) is 2. The maximum Gasteiger partial charge on any atom is 0.224 e. The van der Waals surface area contributed by atoms with Gasteiger partial charge in [0, 0.05) is 39.0 Å². The molecule has 5 nitrogen and oxygen atoms in total. The molecule has 0 aromatic carbocycles. The molecule has 1 unspecified atom stereocenters. The molecule has 2 amide bonds. The number of carbonyl (C=O) groups excluding carboxylic acids is 2. The molecule has 0 bridgehead atoms. The molecule has 108 valence electrons. The normalized spacial score (nSPS) is 24.7. The van der Waals surface area contributed by atoms with Crippen molar-refractivity contribution in [1.82, 2.24) is 9.80 Å². The van der Waals surface area contributed by atoms with Gasteiger partial charge in [-0.25, -0.2) is 0 Å². The third-order valence-electron chi connectivity index (χ3n) is 4.24. The molecular formula is C14H25N3O2. The van der Waals surface area contributed by atoms with Crippen LogP contribution in [0.1, 0.15) is 38.5 Å². The van der Waals surface area contributed by atoms with E-state index in [2.05, 4.69) is 0 Å². The lowest BCUT2D eigenvalue weighted by Gasteiger charge is -2.22. The second kappa shape index (κ2) is 6.89. The summed E-state index contributed by atoms with van der Waals surface area (Å²) < 4.78 is 0. The maximum absolute atomic E-state index is 12.1. The molecule has 5 heteroatoms. The van der Waals surface area contributed by atoms with Crippen LogP contribution in [-0.2, 0) is 9.59 Å². The number of amides is 2. The predicted molar refractivity (Wildman–Crippen MR) is 73.4 cm³/mol. The summed E-state index contributed by atoms with van der Waals surface area (Å²) >= 11 is 0. The van der Waals surface area contributed by atoms with Crippen LogP contribution < -0.4 is 5.73 Å². The Hall–Kier alpha value is -1.10. The van der Waals surface area contributed by atoms with Gasteiger partial charge in [0.15, 0.2) is 0 Å². The summed E-state index contributed by atoms with van der Waals surface area (Å²) in [6, 6.07) is 0. The highest BCUT2D eigenvalue weighted by molar-refractivity contribution is 5.79. The number of hydrogen-bond acceptors (Lipinski definition) is 3. The lowest BCUT2D eigenvalue weighted by molar-refractivity contribution is -0.133. The smallest absolute Gasteiger partial charge is 0.224 e. The van der Waals surface area contributed by atoms with Gasteiger partial charge >= 0.3 is 0 Å². The molecule has 2 rings (SSSR count). The minimum absolute atomic E-state index is 0.174. The Morgan fingerprint density at radius 3 is 2.84 bits per heavy atom. The van der Waals surface area contributed by atoms with Crippen molar-refractivity contribution in [2.45, 2.75) is 38.5 Å². The van der Waals surface area contributed by atoms with Gasteiger partial charge in [-0.15, -0.1) is 0 Å². The van der Waals surface area contributed by atoms with Crippen LogP contribution >= 0.6 is 0 Å². The summed E-state index contributed by atoms with van der Waals surface area (Å²) in [6.45, 7) is 3.69. The van der Waals surface area contributed by atoms with Crippen LogP contribution in [0.25, 0.3) is 0 Å². The summed E-state index contributed by atoms with van der Waals surface area (Å²) in [7, 11) is 0. The molecule has 2 heterocycles. The molecule has 2 N–H and O–H groups in total. The molecule has 2 saturated heterocycles. The lowest BCUT2D eigenvalue weighted by Crippen LogP contribution is -2.36. The molecule has 0 aromatic rings. The van der Waals surface area contributed by atoms with Crippen LogP contribution in [-0.4, -0.2) is 54.3 Å². The van der Waals surface area contributed by atoms with E-state index in [4.69, 9.17) is 5.73 Å². The SMILES string of the molecule is NCC1CCN(C(=O)CCN2CCCCCC2=O)C1. The summed E-state index contributed by atoms with van der Waals surface area (Å²) in [6.07, 6.45) is 5.31. The second-order valence-electron chi connectivity index (χ2n) is 5.67. The Morgan fingerprint density at radius 2 is 2.11 bits per heavy atom. The summed E-state index contributed by atoms with van der Waals surface area (Å²) in [5.41, 5.74) is 5.63. The van der Waals surface area contributed by atoms with E-state index in [0.29, 0.717) is 31.8 Å².